The third-order valence-electron chi connectivity index (χ3n) is 0.543. The summed E-state index contributed by atoms with van der Waals surface area (Å²) in [5.41, 5.74) is 6.11. The lowest BCUT2D eigenvalue weighted by Gasteiger charge is -1.86. The number of rotatable bonds is 0. The van der Waals surface area contributed by atoms with Crippen molar-refractivity contribution in [1.29, 1.82) is 0 Å². The number of allylic oxidation sites excluding steroid dienone is 2. The molecule has 0 radical (unpaired) electrons. The van der Waals surface area contributed by atoms with Crippen LogP contribution in [0.15, 0.2) is 10.2 Å². The van der Waals surface area contributed by atoms with Crippen molar-refractivity contribution in [2.45, 2.75) is 13.8 Å². The highest BCUT2D eigenvalue weighted by Crippen LogP contribution is 2.03. The molecule has 0 aliphatic rings. The number of nitrogens with two attached hydrogens (primary N) is 1. The van der Waals surface area contributed by atoms with Crippen LogP contribution in [0.5, 0.6) is 0 Å². The maximum atomic E-state index is 5.27. The molecular weight excluding hydrogens is 142 g/mol. The maximum absolute atomic E-state index is 5.27. The van der Waals surface area contributed by atoms with Gasteiger partial charge in [-0.3, -0.25) is 0 Å². The fourth-order valence-corrected chi connectivity index (χ4v) is 0. The molecule has 0 aromatic rings. The van der Waals surface area contributed by atoms with Gasteiger partial charge in [0.1, 0.15) is 0 Å². The molecule has 0 atom stereocenters. The van der Waals surface area contributed by atoms with E-state index in [1.807, 2.05) is 13.8 Å². The molecule has 0 bridgehead atoms. The van der Waals surface area contributed by atoms with E-state index < -0.39 is 0 Å². The molecule has 0 heterocycles. The van der Waals surface area contributed by atoms with E-state index in [1.165, 1.54) is 0 Å². The Balaban J connectivity index is 3.68. The highest BCUT2D eigenvalue weighted by atomic mass is 79.9. The molecule has 0 aromatic heterocycles. The quantitative estimate of drug-likeness (QED) is 0.557. The molecular formula is C4H8BrN. The molecule has 0 rings (SSSR count). The van der Waals surface area contributed by atoms with E-state index in [1.54, 1.807) is 0 Å². The minimum Gasteiger partial charge on any atom is -0.402 e. The topological polar surface area (TPSA) is 26.0 Å². The van der Waals surface area contributed by atoms with Gasteiger partial charge >= 0.3 is 0 Å². The lowest BCUT2D eigenvalue weighted by atomic mass is 10.5. The van der Waals surface area contributed by atoms with Gasteiger partial charge in [-0.2, -0.15) is 0 Å². The lowest BCUT2D eigenvalue weighted by Crippen LogP contribution is -1.89. The fraction of sp³-hybridized carbons (Fsp3) is 0.500. The molecule has 0 saturated heterocycles. The molecule has 2 heteroatoms. The van der Waals surface area contributed by atoms with Gasteiger partial charge in [0.2, 0.25) is 0 Å². The zero-order valence-corrected chi connectivity index (χ0v) is 5.54. The van der Waals surface area contributed by atoms with Crippen molar-refractivity contribution < 1.29 is 0 Å². The smallest absolute Gasteiger partial charge is 0.0149 e. The highest BCUT2D eigenvalue weighted by Gasteiger charge is 1.78. The van der Waals surface area contributed by atoms with Gasteiger partial charge in [0, 0.05) is 10.2 Å². The average molecular weight is 150 g/mol. The van der Waals surface area contributed by atoms with E-state index in [9.17, 15) is 0 Å². The van der Waals surface area contributed by atoms with E-state index in [4.69, 9.17) is 5.73 Å². The van der Waals surface area contributed by atoms with Crippen LogP contribution in [0.4, 0.5) is 0 Å². The first-order chi connectivity index (χ1) is 2.64. The molecule has 36 valence electrons. The Morgan fingerprint density at radius 1 is 1.50 bits per heavy atom. The highest BCUT2D eigenvalue weighted by molar-refractivity contribution is 9.11. The van der Waals surface area contributed by atoms with Crippen LogP contribution < -0.4 is 5.73 Å². The number of hydrogen-bond acceptors (Lipinski definition) is 1. The summed E-state index contributed by atoms with van der Waals surface area (Å²) in [7, 11) is 0. The Morgan fingerprint density at radius 3 is 1.67 bits per heavy atom. The minimum atomic E-state index is 0.843. The monoisotopic (exact) mass is 149 g/mol. The molecule has 0 aromatic carbocycles. The van der Waals surface area contributed by atoms with Gasteiger partial charge in [-0.25, -0.2) is 0 Å². The Bertz CT molecular complexity index is 57.6. The number of halogens is 1. The third kappa shape index (κ3) is 2.27. The molecule has 0 aliphatic heterocycles. The van der Waals surface area contributed by atoms with E-state index in [0.29, 0.717) is 0 Å². The summed E-state index contributed by atoms with van der Waals surface area (Å²) in [5.74, 6) is 0. The van der Waals surface area contributed by atoms with Gasteiger partial charge < -0.3 is 5.73 Å². The van der Waals surface area contributed by atoms with Crippen molar-refractivity contribution in [1.82, 2.24) is 0 Å². The van der Waals surface area contributed by atoms with Crippen LogP contribution in [0.2, 0.25) is 0 Å². The largest absolute Gasteiger partial charge is 0.402 e. The van der Waals surface area contributed by atoms with Crippen LogP contribution >= 0.6 is 15.9 Å². The van der Waals surface area contributed by atoms with Crippen molar-refractivity contribution in [3.05, 3.63) is 10.2 Å². The lowest BCUT2D eigenvalue weighted by molar-refractivity contribution is 1.28. The Labute approximate surface area is 46.4 Å². The summed E-state index contributed by atoms with van der Waals surface area (Å²) in [4.78, 5) is 0. The fourth-order valence-electron chi connectivity index (χ4n) is 0. The maximum Gasteiger partial charge on any atom is 0.0149 e. The first kappa shape index (κ1) is 6.02. The van der Waals surface area contributed by atoms with Crippen LogP contribution in [0.1, 0.15) is 13.8 Å². The van der Waals surface area contributed by atoms with E-state index in [0.717, 1.165) is 10.2 Å². The normalized spacial score (nSPS) is 13.8. The molecule has 0 fully saturated rings. The molecule has 0 aliphatic carbocycles. The molecule has 0 amide bonds. The Morgan fingerprint density at radius 2 is 1.67 bits per heavy atom. The zero-order chi connectivity index (χ0) is 5.15. The summed E-state index contributed by atoms with van der Waals surface area (Å²) >= 11 is 3.19. The van der Waals surface area contributed by atoms with Crippen LogP contribution in [-0.2, 0) is 0 Å². The van der Waals surface area contributed by atoms with Crippen molar-refractivity contribution in [3.63, 3.8) is 0 Å². The van der Waals surface area contributed by atoms with Crippen LogP contribution in [0.25, 0.3) is 0 Å². The first-order valence-electron chi connectivity index (χ1n) is 1.73. The second kappa shape index (κ2) is 2.24. The van der Waals surface area contributed by atoms with Gasteiger partial charge in [0.05, 0.1) is 0 Å². The standard InChI is InChI=1S/C4H8BrN/c1-3(5)4(2)6/h6H2,1-2H3/b4-3-. The molecule has 0 saturated carbocycles. The van der Waals surface area contributed by atoms with Crippen molar-refractivity contribution in [2.75, 3.05) is 0 Å². The summed E-state index contributed by atoms with van der Waals surface area (Å²) < 4.78 is 1.02. The summed E-state index contributed by atoms with van der Waals surface area (Å²) in [6.07, 6.45) is 0. The third-order valence-corrected chi connectivity index (χ3v) is 1.17. The van der Waals surface area contributed by atoms with Gasteiger partial charge in [-0.05, 0) is 13.8 Å². The average Bonchev–Trinajstić information content (AvgIpc) is 1.36. The van der Waals surface area contributed by atoms with Crippen LogP contribution in [0, 0.1) is 0 Å². The van der Waals surface area contributed by atoms with Crippen molar-refractivity contribution in [3.8, 4) is 0 Å². The van der Waals surface area contributed by atoms with E-state index in [2.05, 4.69) is 15.9 Å². The van der Waals surface area contributed by atoms with Gasteiger partial charge in [0.25, 0.3) is 0 Å². The predicted octanol–water partition coefficient (Wildman–Crippen LogP) is 1.59. The molecule has 2 N–H and O–H groups in total. The molecule has 0 spiro atoms. The second-order valence-electron chi connectivity index (χ2n) is 1.22. The predicted molar refractivity (Wildman–Crippen MR) is 31.5 cm³/mol. The summed E-state index contributed by atoms with van der Waals surface area (Å²) in [6, 6.07) is 0. The van der Waals surface area contributed by atoms with E-state index >= 15 is 0 Å². The summed E-state index contributed by atoms with van der Waals surface area (Å²) in [6.45, 7) is 3.76. The van der Waals surface area contributed by atoms with Gasteiger partial charge in [-0.1, -0.05) is 15.9 Å². The molecule has 6 heavy (non-hydrogen) atoms. The van der Waals surface area contributed by atoms with Gasteiger partial charge in [-0.15, -0.1) is 0 Å². The van der Waals surface area contributed by atoms with Crippen LogP contribution in [-0.4, -0.2) is 0 Å². The summed E-state index contributed by atoms with van der Waals surface area (Å²) in [5, 5.41) is 0. The second-order valence-corrected chi connectivity index (χ2v) is 2.41. The Kier molecular flexibility index (Phi) is 2.25. The number of hydrogen-bond donors (Lipinski definition) is 1. The van der Waals surface area contributed by atoms with E-state index in [-0.39, 0.29) is 0 Å². The van der Waals surface area contributed by atoms with Crippen LogP contribution in [0.3, 0.4) is 0 Å². The minimum absolute atomic E-state index is 0.843. The Hall–Kier alpha value is 0.0200. The van der Waals surface area contributed by atoms with Gasteiger partial charge in [0.15, 0.2) is 0 Å². The first-order valence-corrected chi connectivity index (χ1v) is 2.52. The van der Waals surface area contributed by atoms with Crippen molar-refractivity contribution in [2.24, 2.45) is 5.73 Å². The SMILES string of the molecule is C/C(N)=C(\C)Br. The zero-order valence-electron chi connectivity index (χ0n) is 3.96. The molecule has 0 unspecified atom stereocenters. The van der Waals surface area contributed by atoms with Crippen molar-refractivity contribution >= 4 is 15.9 Å². The molecule has 1 nitrogen and oxygen atoms in total.